The molecule has 0 saturated carbocycles. The van der Waals surface area contributed by atoms with Crippen molar-refractivity contribution in [1.29, 1.82) is 5.26 Å². The van der Waals surface area contributed by atoms with Crippen LogP contribution in [0.3, 0.4) is 0 Å². The van der Waals surface area contributed by atoms with E-state index in [1.165, 1.54) is 7.11 Å². The molecule has 2 rings (SSSR count). The molecule has 116 valence electrons. The second kappa shape index (κ2) is 7.28. The summed E-state index contributed by atoms with van der Waals surface area (Å²) in [4.78, 5) is 12.5. The van der Waals surface area contributed by atoms with Crippen LogP contribution in [-0.2, 0) is 0 Å². The number of benzene rings is 2. The molecule has 0 unspecified atom stereocenters. The molecule has 23 heavy (non-hydrogen) atoms. The largest absolute Gasteiger partial charge is 0.497 e. The first kappa shape index (κ1) is 16.3. The highest BCUT2D eigenvalue weighted by Gasteiger charge is 2.13. The van der Waals surface area contributed by atoms with E-state index in [0.29, 0.717) is 11.3 Å². The van der Waals surface area contributed by atoms with Crippen LogP contribution in [0, 0.1) is 18.3 Å². The number of aryl methyl sites for hydroxylation is 1. The Labute approximate surface area is 135 Å². The van der Waals surface area contributed by atoms with Crippen molar-refractivity contribution in [2.75, 3.05) is 14.2 Å². The van der Waals surface area contributed by atoms with Crippen molar-refractivity contribution in [2.45, 2.75) is 6.92 Å². The summed E-state index contributed by atoms with van der Waals surface area (Å²) in [7, 11) is 3.13. The third-order valence-electron chi connectivity index (χ3n) is 3.43. The number of rotatable bonds is 5. The van der Waals surface area contributed by atoms with Crippen LogP contribution in [0.1, 0.15) is 21.5 Å². The SMILES string of the molecule is COc1cccc(C(=O)/C(C#N)=C/c2ccc(OC)c(C)c2)c1. The van der Waals surface area contributed by atoms with Gasteiger partial charge in [0.1, 0.15) is 23.1 Å². The van der Waals surface area contributed by atoms with Gasteiger partial charge in [0.2, 0.25) is 5.78 Å². The zero-order chi connectivity index (χ0) is 16.8. The van der Waals surface area contributed by atoms with Gasteiger partial charge in [0.05, 0.1) is 14.2 Å². The van der Waals surface area contributed by atoms with E-state index in [1.54, 1.807) is 37.5 Å². The Bertz CT molecular complexity index is 801. The number of methoxy groups -OCH3 is 2. The fraction of sp³-hybridized carbons (Fsp3) is 0.158. The van der Waals surface area contributed by atoms with Gasteiger partial charge in [-0.2, -0.15) is 5.26 Å². The molecular weight excluding hydrogens is 290 g/mol. The zero-order valence-corrected chi connectivity index (χ0v) is 13.3. The van der Waals surface area contributed by atoms with Gasteiger partial charge in [0.15, 0.2) is 0 Å². The summed E-state index contributed by atoms with van der Waals surface area (Å²) in [6.07, 6.45) is 1.58. The minimum absolute atomic E-state index is 0.0721. The first-order chi connectivity index (χ1) is 11.1. The zero-order valence-electron chi connectivity index (χ0n) is 13.3. The maximum Gasteiger partial charge on any atom is 0.203 e. The summed E-state index contributed by atoms with van der Waals surface area (Å²) in [5.41, 5.74) is 2.20. The molecule has 0 fully saturated rings. The standard InChI is InChI=1S/C19H17NO3/c1-13-9-14(7-8-18(13)23-3)10-16(12-20)19(21)15-5-4-6-17(11-15)22-2/h4-11H,1-3H3/b16-10+. The minimum atomic E-state index is -0.333. The Balaban J connectivity index is 2.36. The number of nitrogens with zero attached hydrogens (tertiary/aromatic N) is 1. The second-order valence-electron chi connectivity index (χ2n) is 4.96. The van der Waals surface area contributed by atoms with Crippen molar-refractivity contribution >= 4 is 11.9 Å². The van der Waals surface area contributed by atoms with E-state index in [-0.39, 0.29) is 11.4 Å². The summed E-state index contributed by atoms with van der Waals surface area (Å²) < 4.78 is 10.3. The maximum absolute atomic E-state index is 12.5. The third-order valence-corrected chi connectivity index (χ3v) is 3.43. The molecule has 2 aromatic rings. The number of carbonyl (C=O) groups is 1. The fourth-order valence-electron chi connectivity index (χ4n) is 2.23. The lowest BCUT2D eigenvalue weighted by Gasteiger charge is -2.06. The second-order valence-corrected chi connectivity index (χ2v) is 4.96. The van der Waals surface area contributed by atoms with Gasteiger partial charge in [-0.15, -0.1) is 0 Å². The van der Waals surface area contributed by atoms with E-state index in [1.807, 2.05) is 31.2 Å². The highest BCUT2D eigenvalue weighted by Crippen LogP contribution is 2.21. The van der Waals surface area contributed by atoms with E-state index >= 15 is 0 Å². The average Bonchev–Trinajstić information content (AvgIpc) is 2.59. The molecule has 0 amide bonds. The Morgan fingerprint density at radius 1 is 1.13 bits per heavy atom. The van der Waals surface area contributed by atoms with Crippen molar-refractivity contribution in [3.8, 4) is 17.6 Å². The number of hydrogen-bond acceptors (Lipinski definition) is 4. The molecule has 0 radical (unpaired) electrons. The molecule has 0 spiro atoms. The van der Waals surface area contributed by atoms with E-state index in [0.717, 1.165) is 16.9 Å². The molecule has 0 bridgehead atoms. The molecule has 0 N–H and O–H groups in total. The molecule has 0 aromatic heterocycles. The number of ketones is 1. The van der Waals surface area contributed by atoms with E-state index < -0.39 is 0 Å². The van der Waals surface area contributed by atoms with Gasteiger partial charge in [-0.25, -0.2) is 0 Å². The van der Waals surface area contributed by atoms with Gasteiger partial charge >= 0.3 is 0 Å². The third kappa shape index (κ3) is 3.78. The summed E-state index contributed by atoms with van der Waals surface area (Å²) in [6.45, 7) is 1.91. The van der Waals surface area contributed by atoms with Crippen molar-refractivity contribution in [2.24, 2.45) is 0 Å². The van der Waals surface area contributed by atoms with Crippen LogP contribution in [0.15, 0.2) is 48.0 Å². The van der Waals surface area contributed by atoms with E-state index in [2.05, 4.69) is 0 Å². The van der Waals surface area contributed by atoms with Crippen LogP contribution in [0.25, 0.3) is 6.08 Å². The molecule has 0 saturated heterocycles. The van der Waals surface area contributed by atoms with Crippen LogP contribution >= 0.6 is 0 Å². The van der Waals surface area contributed by atoms with Crippen molar-refractivity contribution in [3.05, 3.63) is 64.7 Å². The lowest BCUT2D eigenvalue weighted by atomic mass is 10.0. The molecule has 4 nitrogen and oxygen atoms in total. The molecule has 0 aliphatic carbocycles. The Kier molecular flexibility index (Phi) is 5.16. The highest BCUT2D eigenvalue weighted by molar-refractivity contribution is 6.14. The average molecular weight is 307 g/mol. The monoisotopic (exact) mass is 307 g/mol. The molecular formula is C19H17NO3. The van der Waals surface area contributed by atoms with E-state index in [4.69, 9.17) is 9.47 Å². The van der Waals surface area contributed by atoms with Gasteiger partial charge in [0.25, 0.3) is 0 Å². The topological polar surface area (TPSA) is 59.3 Å². The summed E-state index contributed by atoms with van der Waals surface area (Å²) >= 11 is 0. The van der Waals surface area contributed by atoms with Gasteiger partial charge < -0.3 is 9.47 Å². The normalized spacial score (nSPS) is 10.8. The number of Topliss-reactive ketones (excluding diaryl/α,β-unsaturated/α-hetero) is 1. The molecule has 0 aliphatic heterocycles. The minimum Gasteiger partial charge on any atom is -0.497 e. The smallest absolute Gasteiger partial charge is 0.203 e. The number of hydrogen-bond donors (Lipinski definition) is 0. The molecule has 0 aliphatic rings. The first-order valence-corrected chi connectivity index (χ1v) is 7.04. The predicted molar refractivity (Wildman–Crippen MR) is 88.6 cm³/mol. The predicted octanol–water partition coefficient (Wildman–Crippen LogP) is 3.80. The highest BCUT2D eigenvalue weighted by atomic mass is 16.5. The van der Waals surface area contributed by atoms with Crippen molar-refractivity contribution < 1.29 is 14.3 Å². The first-order valence-electron chi connectivity index (χ1n) is 7.04. The van der Waals surface area contributed by atoms with Crippen LogP contribution in [-0.4, -0.2) is 20.0 Å². The quantitative estimate of drug-likeness (QED) is 0.479. The van der Waals surface area contributed by atoms with Gasteiger partial charge in [-0.3, -0.25) is 4.79 Å². The maximum atomic E-state index is 12.5. The Morgan fingerprint density at radius 3 is 2.52 bits per heavy atom. The molecule has 4 heteroatoms. The number of nitriles is 1. The summed E-state index contributed by atoms with van der Waals surface area (Å²) in [5.74, 6) is 1.01. The van der Waals surface area contributed by atoms with Gasteiger partial charge in [-0.05, 0) is 48.4 Å². The number of allylic oxidation sites excluding steroid dienone is 1. The van der Waals surface area contributed by atoms with Crippen LogP contribution in [0.4, 0.5) is 0 Å². The Morgan fingerprint density at radius 2 is 1.91 bits per heavy atom. The van der Waals surface area contributed by atoms with Crippen LogP contribution in [0.5, 0.6) is 11.5 Å². The van der Waals surface area contributed by atoms with Crippen molar-refractivity contribution in [3.63, 3.8) is 0 Å². The molecule has 0 atom stereocenters. The molecule has 2 aromatic carbocycles. The Hall–Kier alpha value is -3.06. The number of carbonyl (C=O) groups excluding carboxylic acids is 1. The van der Waals surface area contributed by atoms with Crippen molar-refractivity contribution in [1.82, 2.24) is 0 Å². The molecule has 0 heterocycles. The summed E-state index contributed by atoms with van der Waals surface area (Å²) in [6, 6.07) is 14.2. The lowest BCUT2D eigenvalue weighted by molar-refractivity contribution is 0.103. The fourth-order valence-corrected chi connectivity index (χ4v) is 2.23. The van der Waals surface area contributed by atoms with Gasteiger partial charge in [-0.1, -0.05) is 18.2 Å². The van der Waals surface area contributed by atoms with Crippen LogP contribution < -0.4 is 9.47 Å². The van der Waals surface area contributed by atoms with Crippen LogP contribution in [0.2, 0.25) is 0 Å². The number of ether oxygens (including phenoxy) is 2. The van der Waals surface area contributed by atoms with E-state index in [9.17, 15) is 10.1 Å². The van der Waals surface area contributed by atoms with Gasteiger partial charge in [0, 0.05) is 5.56 Å². The summed E-state index contributed by atoms with van der Waals surface area (Å²) in [5, 5.41) is 9.32. The lowest BCUT2D eigenvalue weighted by Crippen LogP contribution is -2.02.